The maximum Gasteiger partial charge on any atom is 0.335 e. The molecule has 1 N–H and O–H groups in total. The Balaban J connectivity index is 1.78. The molecule has 1 heterocycles. The molecule has 1 atom stereocenters. The van der Waals surface area contributed by atoms with Crippen LogP contribution in [0.4, 0.5) is 4.39 Å². The van der Waals surface area contributed by atoms with E-state index in [0.29, 0.717) is 34.8 Å². The first-order valence-corrected chi connectivity index (χ1v) is 8.33. The van der Waals surface area contributed by atoms with Crippen LogP contribution in [-0.4, -0.2) is 29.1 Å². The molecule has 24 heavy (non-hydrogen) atoms. The molecule has 1 saturated heterocycles. The van der Waals surface area contributed by atoms with E-state index < -0.39 is 5.97 Å². The summed E-state index contributed by atoms with van der Waals surface area (Å²) in [6.07, 6.45) is 0.856. The van der Waals surface area contributed by atoms with Crippen LogP contribution in [-0.2, 0) is 6.54 Å². The third-order valence-corrected chi connectivity index (χ3v) is 5.02. The van der Waals surface area contributed by atoms with Gasteiger partial charge in [-0.2, -0.15) is 0 Å². The molecule has 0 aromatic heterocycles. The zero-order chi connectivity index (χ0) is 17.3. The van der Waals surface area contributed by atoms with Gasteiger partial charge in [-0.25, -0.2) is 9.18 Å². The molecule has 0 bridgehead atoms. The van der Waals surface area contributed by atoms with Crippen LogP contribution in [0, 0.1) is 12.7 Å². The molecule has 0 unspecified atom stereocenters. The highest BCUT2D eigenvalue weighted by atomic mass is 35.5. The zero-order valence-corrected chi connectivity index (χ0v) is 14.2. The van der Waals surface area contributed by atoms with Crippen molar-refractivity contribution in [1.29, 1.82) is 0 Å². The van der Waals surface area contributed by atoms with Gasteiger partial charge in [0.25, 0.3) is 0 Å². The second-order valence-electron chi connectivity index (χ2n) is 6.27. The van der Waals surface area contributed by atoms with Crippen LogP contribution >= 0.6 is 11.6 Å². The Hall–Kier alpha value is -1.91. The Morgan fingerprint density at radius 3 is 2.83 bits per heavy atom. The van der Waals surface area contributed by atoms with Crippen molar-refractivity contribution in [3.8, 4) is 0 Å². The monoisotopic (exact) mass is 347 g/mol. The van der Waals surface area contributed by atoms with Gasteiger partial charge in [-0.15, -0.1) is 0 Å². The number of aryl methyl sites for hydroxylation is 1. The summed E-state index contributed by atoms with van der Waals surface area (Å²) in [5, 5.41) is 9.79. The number of aromatic carboxylic acids is 1. The summed E-state index contributed by atoms with van der Waals surface area (Å²) in [6, 6.07) is 10.5. The van der Waals surface area contributed by atoms with Gasteiger partial charge < -0.3 is 5.11 Å². The normalized spacial score (nSPS) is 18.0. The number of hydrogen-bond acceptors (Lipinski definition) is 2. The summed E-state index contributed by atoms with van der Waals surface area (Å²) in [7, 11) is 0. The van der Waals surface area contributed by atoms with Crippen LogP contribution < -0.4 is 0 Å². The molecular weight excluding hydrogens is 329 g/mol. The Bertz CT molecular complexity index is 778. The van der Waals surface area contributed by atoms with Crippen molar-refractivity contribution in [3.63, 3.8) is 0 Å². The van der Waals surface area contributed by atoms with Gasteiger partial charge in [-0.3, -0.25) is 4.90 Å². The molecular formula is C19H19ClFNO2. The fourth-order valence-corrected chi connectivity index (χ4v) is 3.57. The van der Waals surface area contributed by atoms with Gasteiger partial charge in [0.2, 0.25) is 0 Å². The van der Waals surface area contributed by atoms with E-state index in [1.54, 1.807) is 31.2 Å². The number of carboxylic acids is 1. The SMILES string of the molecule is Cc1ccc(Cl)c(CN2CC[C@H](c3ccccc3C(=O)O)C2)c1F. The van der Waals surface area contributed by atoms with Crippen LogP contribution in [0.3, 0.4) is 0 Å². The lowest BCUT2D eigenvalue weighted by Gasteiger charge is -2.19. The summed E-state index contributed by atoms with van der Waals surface area (Å²) >= 11 is 6.16. The molecule has 2 aromatic carbocycles. The molecule has 1 aliphatic heterocycles. The quantitative estimate of drug-likeness (QED) is 0.886. The van der Waals surface area contributed by atoms with E-state index in [2.05, 4.69) is 4.90 Å². The molecule has 3 rings (SSSR count). The Labute approximate surface area is 145 Å². The van der Waals surface area contributed by atoms with E-state index in [1.807, 2.05) is 12.1 Å². The minimum atomic E-state index is -0.906. The molecule has 0 aliphatic carbocycles. The zero-order valence-electron chi connectivity index (χ0n) is 13.4. The standard InChI is InChI=1S/C19H19ClFNO2/c1-12-6-7-17(20)16(18(12)21)11-22-9-8-13(10-22)14-4-2-3-5-15(14)19(23)24/h2-7,13H,8-11H2,1H3,(H,23,24)/t13-/m0/s1. The first-order valence-electron chi connectivity index (χ1n) is 7.95. The van der Waals surface area contributed by atoms with Crippen molar-refractivity contribution in [2.24, 2.45) is 0 Å². The highest BCUT2D eigenvalue weighted by Gasteiger charge is 2.28. The van der Waals surface area contributed by atoms with Crippen molar-refractivity contribution < 1.29 is 14.3 Å². The Morgan fingerprint density at radius 1 is 1.33 bits per heavy atom. The summed E-state index contributed by atoms with van der Waals surface area (Å²) in [5.41, 5.74) is 2.30. The van der Waals surface area contributed by atoms with Gasteiger partial charge >= 0.3 is 5.97 Å². The second-order valence-corrected chi connectivity index (χ2v) is 6.68. The van der Waals surface area contributed by atoms with E-state index in [4.69, 9.17) is 11.6 Å². The van der Waals surface area contributed by atoms with Crippen LogP contribution in [0.5, 0.6) is 0 Å². The smallest absolute Gasteiger partial charge is 0.335 e. The maximum atomic E-state index is 14.3. The lowest BCUT2D eigenvalue weighted by atomic mass is 9.93. The number of carbonyl (C=O) groups is 1. The molecule has 1 fully saturated rings. The number of likely N-dealkylation sites (tertiary alicyclic amines) is 1. The molecule has 3 nitrogen and oxygen atoms in total. The van der Waals surface area contributed by atoms with Crippen molar-refractivity contribution in [2.45, 2.75) is 25.8 Å². The summed E-state index contributed by atoms with van der Waals surface area (Å²) in [6.45, 7) is 3.67. The third kappa shape index (κ3) is 3.30. The maximum absolute atomic E-state index is 14.3. The molecule has 2 aromatic rings. The molecule has 0 amide bonds. The van der Waals surface area contributed by atoms with Crippen molar-refractivity contribution in [1.82, 2.24) is 4.90 Å². The van der Waals surface area contributed by atoms with Crippen LogP contribution in [0.25, 0.3) is 0 Å². The lowest BCUT2D eigenvalue weighted by molar-refractivity contribution is 0.0695. The molecule has 1 aliphatic rings. The Morgan fingerprint density at radius 2 is 2.08 bits per heavy atom. The minimum Gasteiger partial charge on any atom is -0.478 e. The van der Waals surface area contributed by atoms with E-state index in [-0.39, 0.29) is 11.7 Å². The minimum absolute atomic E-state index is 0.143. The van der Waals surface area contributed by atoms with Crippen molar-refractivity contribution in [3.05, 3.63) is 69.5 Å². The fraction of sp³-hybridized carbons (Fsp3) is 0.316. The summed E-state index contributed by atoms with van der Waals surface area (Å²) in [4.78, 5) is 13.5. The summed E-state index contributed by atoms with van der Waals surface area (Å²) in [5.74, 6) is -1.02. The first kappa shape index (κ1) is 16.9. The molecule has 0 spiro atoms. The van der Waals surface area contributed by atoms with Gasteiger partial charge in [-0.1, -0.05) is 35.9 Å². The fourth-order valence-electron chi connectivity index (χ4n) is 3.36. The predicted octanol–water partition coefficient (Wildman–Crippen LogP) is 4.48. The number of hydrogen-bond donors (Lipinski definition) is 1. The number of nitrogens with zero attached hydrogens (tertiary/aromatic N) is 1. The van der Waals surface area contributed by atoms with E-state index >= 15 is 0 Å². The van der Waals surface area contributed by atoms with E-state index in [0.717, 1.165) is 18.5 Å². The lowest BCUT2D eigenvalue weighted by Crippen LogP contribution is -2.21. The van der Waals surface area contributed by atoms with Crippen molar-refractivity contribution in [2.75, 3.05) is 13.1 Å². The highest BCUT2D eigenvalue weighted by Crippen LogP contribution is 2.32. The average Bonchev–Trinajstić information content (AvgIpc) is 3.03. The third-order valence-electron chi connectivity index (χ3n) is 4.66. The van der Waals surface area contributed by atoms with E-state index in [9.17, 15) is 14.3 Å². The van der Waals surface area contributed by atoms with Gasteiger partial charge in [0.1, 0.15) is 5.82 Å². The van der Waals surface area contributed by atoms with Crippen LogP contribution in [0.15, 0.2) is 36.4 Å². The highest BCUT2D eigenvalue weighted by molar-refractivity contribution is 6.31. The van der Waals surface area contributed by atoms with Gasteiger partial charge in [0, 0.05) is 23.7 Å². The molecule has 126 valence electrons. The Kier molecular flexibility index (Phi) is 4.88. The number of rotatable bonds is 4. The molecule has 0 saturated carbocycles. The van der Waals surface area contributed by atoms with Crippen LogP contribution in [0.1, 0.15) is 39.4 Å². The molecule has 5 heteroatoms. The van der Waals surface area contributed by atoms with Crippen molar-refractivity contribution >= 4 is 17.6 Å². The number of carboxylic acid groups (broad SMARTS) is 1. The summed E-state index contributed by atoms with van der Waals surface area (Å²) < 4.78 is 14.3. The number of halogens is 2. The van der Waals surface area contributed by atoms with Crippen LogP contribution in [0.2, 0.25) is 5.02 Å². The first-order chi connectivity index (χ1) is 11.5. The van der Waals surface area contributed by atoms with E-state index in [1.165, 1.54) is 0 Å². The predicted molar refractivity (Wildman–Crippen MR) is 92.2 cm³/mol. The molecule has 0 radical (unpaired) electrons. The van der Waals surface area contributed by atoms with Gasteiger partial charge in [0.15, 0.2) is 0 Å². The largest absolute Gasteiger partial charge is 0.478 e. The average molecular weight is 348 g/mol. The topological polar surface area (TPSA) is 40.5 Å². The van der Waals surface area contributed by atoms with Gasteiger partial charge in [-0.05, 0) is 49.1 Å². The second kappa shape index (κ2) is 6.91. The number of benzene rings is 2. The van der Waals surface area contributed by atoms with Gasteiger partial charge in [0.05, 0.1) is 5.56 Å².